The van der Waals surface area contributed by atoms with E-state index in [4.69, 9.17) is 4.74 Å². The first-order valence-corrected chi connectivity index (χ1v) is 9.90. The summed E-state index contributed by atoms with van der Waals surface area (Å²) in [7, 11) is -3.50. The van der Waals surface area contributed by atoms with Gasteiger partial charge in [0.15, 0.2) is 6.61 Å². The Morgan fingerprint density at radius 1 is 1.08 bits per heavy atom. The number of hydrogen-bond acceptors (Lipinski definition) is 4. The predicted molar refractivity (Wildman–Crippen MR) is 102 cm³/mol. The van der Waals surface area contributed by atoms with Crippen LogP contribution >= 0.6 is 0 Å². The molecule has 7 heteroatoms. The van der Waals surface area contributed by atoms with Crippen LogP contribution in [0.1, 0.15) is 24.5 Å². The van der Waals surface area contributed by atoms with Crippen LogP contribution in [0.3, 0.4) is 0 Å². The molecule has 0 atom stereocenters. The average molecular weight is 376 g/mol. The van der Waals surface area contributed by atoms with E-state index in [1.165, 1.54) is 24.3 Å². The van der Waals surface area contributed by atoms with Crippen molar-refractivity contribution in [2.45, 2.75) is 32.1 Å². The molecule has 2 N–H and O–H groups in total. The summed E-state index contributed by atoms with van der Waals surface area (Å²) in [6, 6.07) is 11.7. The summed E-state index contributed by atoms with van der Waals surface area (Å²) in [5.74, 6) is 0.149. The van der Waals surface area contributed by atoms with Gasteiger partial charge >= 0.3 is 0 Å². The Kier molecular flexibility index (Phi) is 6.76. The smallest absolute Gasteiger partial charge is 0.262 e. The summed E-state index contributed by atoms with van der Waals surface area (Å²) >= 11 is 0. The van der Waals surface area contributed by atoms with Gasteiger partial charge in [-0.2, -0.15) is 0 Å². The number of amides is 1. The van der Waals surface area contributed by atoms with E-state index in [0.29, 0.717) is 12.3 Å². The van der Waals surface area contributed by atoms with Crippen molar-refractivity contribution < 1.29 is 17.9 Å². The molecule has 2 aromatic carbocycles. The van der Waals surface area contributed by atoms with Gasteiger partial charge in [0.2, 0.25) is 10.0 Å². The Morgan fingerprint density at radius 2 is 1.77 bits per heavy atom. The van der Waals surface area contributed by atoms with Crippen LogP contribution in [0.15, 0.2) is 47.4 Å². The first-order valence-electron chi connectivity index (χ1n) is 8.42. The second kappa shape index (κ2) is 8.82. The van der Waals surface area contributed by atoms with Crippen LogP contribution < -0.4 is 14.8 Å². The van der Waals surface area contributed by atoms with E-state index in [1.807, 2.05) is 39.0 Å². The number of ether oxygens (including phenoxy) is 1. The van der Waals surface area contributed by atoms with Crippen LogP contribution in [0.4, 0.5) is 5.69 Å². The quantitative estimate of drug-likeness (QED) is 0.742. The van der Waals surface area contributed by atoms with E-state index in [-0.39, 0.29) is 17.4 Å². The lowest BCUT2D eigenvalue weighted by Gasteiger charge is -2.11. The lowest BCUT2D eigenvalue weighted by molar-refractivity contribution is -0.118. The van der Waals surface area contributed by atoms with Gasteiger partial charge in [-0.3, -0.25) is 4.79 Å². The summed E-state index contributed by atoms with van der Waals surface area (Å²) in [6.07, 6.45) is 0.718. The normalized spacial score (nSPS) is 11.2. The number of aryl methyl sites for hydroxylation is 1. The highest BCUT2D eigenvalue weighted by Crippen LogP contribution is 2.18. The summed E-state index contributed by atoms with van der Waals surface area (Å²) in [6.45, 7) is 6.04. The van der Waals surface area contributed by atoms with Crippen LogP contribution in [-0.2, 0) is 14.8 Å². The standard InChI is InChI=1S/C19H24N2O4S/c1-4-12-20-26(23,24)17-10-8-16(9-11-17)25-13-19(22)21-18-7-5-6-14(2)15(18)3/h5-11,20H,4,12-13H2,1-3H3,(H,21,22). The zero-order valence-corrected chi connectivity index (χ0v) is 16.0. The summed E-state index contributed by atoms with van der Waals surface area (Å²) in [5, 5.41) is 2.81. The maximum Gasteiger partial charge on any atom is 0.262 e. The van der Waals surface area contributed by atoms with Crippen molar-refractivity contribution in [3.05, 3.63) is 53.6 Å². The van der Waals surface area contributed by atoms with E-state index in [1.54, 1.807) is 0 Å². The molecule has 0 radical (unpaired) electrons. The number of sulfonamides is 1. The molecule has 26 heavy (non-hydrogen) atoms. The Bertz CT molecular complexity index is 862. The molecule has 6 nitrogen and oxygen atoms in total. The second-order valence-corrected chi connectivity index (χ2v) is 7.72. The largest absolute Gasteiger partial charge is 0.484 e. The van der Waals surface area contributed by atoms with Gasteiger partial charge in [0.25, 0.3) is 5.91 Å². The van der Waals surface area contributed by atoms with Crippen molar-refractivity contribution in [1.29, 1.82) is 0 Å². The molecule has 0 aliphatic heterocycles. The third-order valence-corrected chi connectivity index (χ3v) is 5.40. The lowest BCUT2D eigenvalue weighted by atomic mass is 10.1. The minimum absolute atomic E-state index is 0.159. The Balaban J connectivity index is 1.93. The first-order chi connectivity index (χ1) is 12.3. The van der Waals surface area contributed by atoms with Gasteiger partial charge in [0.1, 0.15) is 5.75 Å². The molecule has 1 amide bonds. The molecule has 0 fully saturated rings. The molecule has 0 aliphatic carbocycles. The van der Waals surface area contributed by atoms with Gasteiger partial charge in [-0.15, -0.1) is 0 Å². The number of rotatable bonds is 8. The maximum absolute atomic E-state index is 12.1. The van der Waals surface area contributed by atoms with Gasteiger partial charge in [-0.1, -0.05) is 19.1 Å². The van der Waals surface area contributed by atoms with E-state index < -0.39 is 10.0 Å². The summed E-state index contributed by atoms with van der Waals surface area (Å²) < 4.78 is 32.0. The molecule has 0 heterocycles. The van der Waals surface area contributed by atoms with Gasteiger partial charge in [-0.25, -0.2) is 13.1 Å². The van der Waals surface area contributed by atoms with Crippen LogP contribution in [0.5, 0.6) is 5.75 Å². The topological polar surface area (TPSA) is 84.5 Å². The third-order valence-electron chi connectivity index (χ3n) is 3.92. The van der Waals surface area contributed by atoms with E-state index in [2.05, 4.69) is 10.0 Å². The van der Waals surface area contributed by atoms with Crippen LogP contribution in [0, 0.1) is 13.8 Å². The van der Waals surface area contributed by atoms with Gasteiger partial charge in [-0.05, 0) is 61.7 Å². The van der Waals surface area contributed by atoms with Crippen LogP contribution in [-0.4, -0.2) is 27.5 Å². The van der Waals surface area contributed by atoms with E-state index in [9.17, 15) is 13.2 Å². The van der Waals surface area contributed by atoms with Gasteiger partial charge < -0.3 is 10.1 Å². The Labute approximate surface area is 154 Å². The molecule has 0 bridgehead atoms. The minimum atomic E-state index is -3.50. The fourth-order valence-electron chi connectivity index (χ4n) is 2.26. The summed E-state index contributed by atoms with van der Waals surface area (Å²) in [4.78, 5) is 12.2. The molecule has 2 rings (SSSR count). The van der Waals surface area contributed by atoms with Crippen LogP contribution in [0.25, 0.3) is 0 Å². The number of anilines is 1. The number of carbonyl (C=O) groups is 1. The summed E-state index contributed by atoms with van der Waals surface area (Å²) in [5.41, 5.74) is 2.86. The van der Waals surface area contributed by atoms with Crippen molar-refractivity contribution in [1.82, 2.24) is 4.72 Å². The van der Waals surface area contributed by atoms with Crippen molar-refractivity contribution in [2.75, 3.05) is 18.5 Å². The van der Waals surface area contributed by atoms with Gasteiger partial charge in [0.05, 0.1) is 4.90 Å². The van der Waals surface area contributed by atoms with Crippen molar-refractivity contribution in [3.8, 4) is 5.75 Å². The average Bonchev–Trinajstić information content (AvgIpc) is 2.62. The molecular formula is C19H24N2O4S. The minimum Gasteiger partial charge on any atom is -0.484 e. The molecule has 0 saturated heterocycles. The van der Waals surface area contributed by atoms with Crippen molar-refractivity contribution >= 4 is 21.6 Å². The SMILES string of the molecule is CCCNS(=O)(=O)c1ccc(OCC(=O)Nc2cccc(C)c2C)cc1. The fraction of sp³-hybridized carbons (Fsp3) is 0.316. The van der Waals surface area contributed by atoms with Crippen molar-refractivity contribution in [3.63, 3.8) is 0 Å². The predicted octanol–water partition coefficient (Wildman–Crippen LogP) is 3.01. The number of hydrogen-bond donors (Lipinski definition) is 2. The second-order valence-electron chi connectivity index (χ2n) is 5.95. The highest BCUT2D eigenvalue weighted by molar-refractivity contribution is 7.89. The highest BCUT2D eigenvalue weighted by Gasteiger charge is 2.13. The zero-order chi connectivity index (χ0) is 19.2. The monoisotopic (exact) mass is 376 g/mol. The molecule has 2 aromatic rings. The molecule has 0 spiro atoms. The number of benzene rings is 2. The number of nitrogens with one attached hydrogen (secondary N) is 2. The Hall–Kier alpha value is -2.38. The molecule has 0 aliphatic rings. The number of carbonyl (C=O) groups excluding carboxylic acids is 1. The van der Waals surface area contributed by atoms with E-state index >= 15 is 0 Å². The fourth-order valence-corrected chi connectivity index (χ4v) is 3.39. The van der Waals surface area contributed by atoms with Gasteiger partial charge in [0, 0.05) is 12.2 Å². The molecular weight excluding hydrogens is 352 g/mol. The Morgan fingerprint density at radius 3 is 2.42 bits per heavy atom. The van der Waals surface area contributed by atoms with Crippen LogP contribution in [0.2, 0.25) is 0 Å². The maximum atomic E-state index is 12.1. The highest BCUT2D eigenvalue weighted by atomic mass is 32.2. The molecule has 0 aromatic heterocycles. The van der Waals surface area contributed by atoms with Crippen molar-refractivity contribution in [2.24, 2.45) is 0 Å². The lowest BCUT2D eigenvalue weighted by Crippen LogP contribution is -2.24. The third kappa shape index (κ3) is 5.31. The first kappa shape index (κ1) is 19.9. The van der Waals surface area contributed by atoms with E-state index in [0.717, 1.165) is 23.2 Å². The molecule has 140 valence electrons. The molecule has 0 saturated carbocycles. The zero-order valence-electron chi connectivity index (χ0n) is 15.2. The molecule has 0 unspecified atom stereocenters.